The molecule has 94 valence electrons. The smallest absolute Gasteiger partial charge is 0.313 e. The summed E-state index contributed by atoms with van der Waals surface area (Å²) < 4.78 is 10.3. The molecule has 1 aromatic heterocycles. The Bertz CT molecular complexity index is 615. The Morgan fingerprint density at radius 2 is 2.22 bits per heavy atom. The number of aryl methyl sites for hydroxylation is 1. The maximum Gasteiger partial charge on any atom is 0.313 e. The number of aromatic nitrogens is 1. The van der Waals surface area contributed by atoms with Crippen LogP contribution in [0.4, 0.5) is 0 Å². The summed E-state index contributed by atoms with van der Waals surface area (Å²) in [5.41, 5.74) is 3.20. The highest BCUT2D eigenvalue weighted by Crippen LogP contribution is 2.42. The second-order valence-corrected chi connectivity index (χ2v) is 4.51. The Kier molecular flexibility index (Phi) is 2.51. The molecule has 0 aliphatic heterocycles. The average Bonchev–Trinajstić information content (AvgIpc) is 2.95. The number of esters is 1. The SMILES string of the molecule is COC(=O)C1CCc2[nH]c3cccc(OC)c3c21. The van der Waals surface area contributed by atoms with Gasteiger partial charge in [0.1, 0.15) is 5.75 Å². The van der Waals surface area contributed by atoms with Crippen molar-refractivity contribution in [3.63, 3.8) is 0 Å². The minimum absolute atomic E-state index is 0.166. The van der Waals surface area contributed by atoms with E-state index in [9.17, 15) is 4.79 Å². The van der Waals surface area contributed by atoms with Crippen molar-refractivity contribution in [2.75, 3.05) is 14.2 Å². The molecule has 1 heterocycles. The Morgan fingerprint density at radius 3 is 2.94 bits per heavy atom. The number of nitrogens with one attached hydrogen (secondary N) is 1. The molecule has 0 spiro atoms. The van der Waals surface area contributed by atoms with Crippen molar-refractivity contribution >= 4 is 16.9 Å². The van der Waals surface area contributed by atoms with Gasteiger partial charge in [-0.1, -0.05) is 6.07 Å². The third-order valence-corrected chi connectivity index (χ3v) is 3.64. The summed E-state index contributed by atoms with van der Waals surface area (Å²) in [5, 5.41) is 1.02. The molecule has 0 saturated heterocycles. The Labute approximate surface area is 105 Å². The van der Waals surface area contributed by atoms with Gasteiger partial charge >= 0.3 is 5.97 Å². The molecule has 0 bridgehead atoms. The fourth-order valence-electron chi connectivity index (χ4n) is 2.86. The highest BCUT2D eigenvalue weighted by molar-refractivity contribution is 5.96. The topological polar surface area (TPSA) is 51.3 Å². The monoisotopic (exact) mass is 245 g/mol. The van der Waals surface area contributed by atoms with Gasteiger partial charge in [0.05, 0.1) is 20.1 Å². The highest BCUT2D eigenvalue weighted by Gasteiger charge is 2.33. The van der Waals surface area contributed by atoms with Crippen LogP contribution in [0.2, 0.25) is 0 Å². The van der Waals surface area contributed by atoms with Gasteiger partial charge in [0.25, 0.3) is 0 Å². The van der Waals surface area contributed by atoms with Crippen LogP contribution >= 0.6 is 0 Å². The summed E-state index contributed by atoms with van der Waals surface area (Å²) >= 11 is 0. The molecule has 1 aromatic carbocycles. The Hall–Kier alpha value is -1.97. The van der Waals surface area contributed by atoms with Crippen molar-refractivity contribution in [2.45, 2.75) is 18.8 Å². The van der Waals surface area contributed by atoms with Crippen molar-refractivity contribution < 1.29 is 14.3 Å². The van der Waals surface area contributed by atoms with Crippen LogP contribution in [-0.4, -0.2) is 25.2 Å². The van der Waals surface area contributed by atoms with E-state index in [1.54, 1.807) is 7.11 Å². The van der Waals surface area contributed by atoms with Gasteiger partial charge in [0.15, 0.2) is 0 Å². The summed E-state index contributed by atoms with van der Waals surface area (Å²) in [7, 11) is 3.09. The van der Waals surface area contributed by atoms with Gasteiger partial charge in [-0.05, 0) is 30.5 Å². The van der Waals surface area contributed by atoms with E-state index in [-0.39, 0.29) is 11.9 Å². The van der Waals surface area contributed by atoms with Gasteiger partial charge in [-0.25, -0.2) is 0 Å². The zero-order valence-electron chi connectivity index (χ0n) is 10.4. The van der Waals surface area contributed by atoms with Crippen LogP contribution in [0.15, 0.2) is 18.2 Å². The number of hydrogen-bond acceptors (Lipinski definition) is 3. The summed E-state index contributed by atoms with van der Waals surface area (Å²) in [4.78, 5) is 15.2. The van der Waals surface area contributed by atoms with E-state index in [0.717, 1.165) is 40.8 Å². The van der Waals surface area contributed by atoms with E-state index in [2.05, 4.69) is 4.98 Å². The quantitative estimate of drug-likeness (QED) is 0.826. The molecule has 1 aliphatic rings. The summed E-state index contributed by atoms with van der Waals surface area (Å²) in [6.07, 6.45) is 1.69. The lowest BCUT2D eigenvalue weighted by atomic mass is 10.00. The maximum absolute atomic E-state index is 11.8. The molecule has 3 rings (SSSR count). The summed E-state index contributed by atoms with van der Waals surface area (Å²) in [5.74, 6) is 0.469. The number of methoxy groups -OCH3 is 2. The van der Waals surface area contributed by atoms with Crippen LogP contribution in [0.5, 0.6) is 5.75 Å². The van der Waals surface area contributed by atoms with Crippen molar-refractivity contribution in [3.05, 3.63) is 29.5 Å². The van der Waals surface area contributed by atoms with Gasteiger partial charge in [0.2, 0.25) is 0 Å². The first kappa shape index (κ1) is 11.1. The zero-order valence-corrected chi connectivity index (χ0v) is 10.4. The first-order valence-corrected chi connectivity index (χ1v) is 6.01. The number of fused-ring (bicyclic) bond motifs is 3. The number of hydrogen-bond donors (Lipinski definition) is 1. The van der Waals surface area contributed by atoms with E-state index in [0.29, 0.717) is 0 Å². The minimum atomic E-state index is -0.171. The van der Waals surface area contributed by atoms with E-state index >= 15 is 0 Å². The van der Waals surface area contributed by atoms with Gasteiger partial charge < -0.3 is 14.5 Å². The Balaban J connectivity index is 2.24. The van der Waals surface area contributed by atoms with Gasteiger partial charge in [-0.2, -0.15) is 0 Å². The van der Waals surface area contributed by atoms with E-state index in [1.165, 1.54) is 7.11 Å². The highest BCUT2D eigenvalue weighted by atomic mass is 16.5. The van der Waals surface area contributed by atoms with Gasteiger partial charge in [-0.15, -0.1) is 0 Å². The third kappa shape index (κ3) is 1.41. The van der Waals surface area contributed by atoms with Crippen LogP contribution in [0.1, 0.15) is 23.6 Å². The molecule has 1 atom stereocenters. The molecule has 0 fully saturated rings. The van der Waals surface area contributed by atoms with Crippen LogP contribution in [0, 0.1) is 0 Å². The number of aromatic amines is 1. The molecule has 1 aliphatic carbocycles. The van der Waals surface area contributed by atoms with Crippen molar-refractivity contribution in [1.29, 1.82) is 0 Å². The molecule has 0 radical (unpaired) electrons. The van der Waals surface area contributed by atoms with Gasteiger partial charge in [0, 0.05) is 16.6 Å². The fourth-order valence-corrected chi connectivity index (χ4v) is 2.86. The standard InChI is InChI=1S/C14H15NO3/c1-17-11-5-3-4-9-13(11)12-8(14(16)18-2)6-7-10(12)15-9/h3-5,8,15H,6-7H2,1-2H3. The second kappa shape index (κ2) is 4.05. The minimum Gasteiger partial charge on any atom is -0.496 e. The lowest BCUT2D eigenvalue weighted by Crippen LogP contribution is -2.11. The number of rotatable bonds is 2. The number of ether oxygens (including phenoxy) is 2. The van der Waals surface area contributed by atoms with Crippen molar-refractivity contribution in [3.8, 4) is 5.75 Å². The first-order chi connectivity index (χ1) is 8.76. The van der Waals surface area contributed by atoms with Crippen LogP contribution in [0.3, 0.4) is 0 Å². The molecule has 4 nitrogen and oxygen atoms in total. The van der Waals surface area contributed by atoms with E-state index in [4.69, 9.17) is 9.47 Å². The molecule has 2 aromatic rings. The Morgan fingerprint density at radius 1 is 1.39 bits per heavy atom. The molecular formula is C14H15NO3. The molecule has 4 heteroatoms. The first-order valence-electron chi connectivity index (χ1n) is 6.01. The molecule has 0 amide bonds. The molecule has 1 unspecified atom stereocenters. The largest absolute Gasteiger partial charge is 0.496 e. The molecular weight excluding hydrogens is 230 g/mol. The molecule has 18 heavy (non-hydrogen) atoms. The summed E-state index contributed by atoms with van der Waals surface area (Å²) in [6, 6.07) is 5.87. The number of benzene rings is 1. The predicted octanol–water partition coefficient (Wildman–Crippen LogP) is 2.38. The lowest BCUT2D eigenvalue weighted by Gasteiger charge is -2.10. The van der Waals surface area contributed by atoms with E-state index in [1.807, 2.05) is 18.2 Å². The van der Waals surface area contributed by atoms with Crippen LogP contribution in [0.25, 0.3) is 10.9 Å². The van der Waals surface area contributed by atoms with Crippen LogP contribution in [-0.2, 0) is 16.0 Å². The fraction of sp³-hybridized carbons (Fsp3) is 0.357. The molecule has 1 N–H and O–H groups in total. The number of carbonyl (C=O) groups excluding carboxylic acids is 1. The number of carbonyl (C=O) groups is 1. The summed E-state index contributed by atoms with van der Waals surface area (Å²) in [6.45, 7) is 0. The van der Waals surface area contributed by atoms with Crippen molar-refractivity contribution in [1.82, 2.24) is 4.98 Å². The second-order valence-electron chi connectivity index (χ2n) is 4.51. The number of H-pyrrole nitrogens is 1. The van der Waals surface area contributed by atoms with E-state index < -0.39 is 0 Å². The molecule has 0 saturated carbocycles. The lowest BCUT2D eigenvalue weighted by molar-refractivity contribution is -0.142. The zero-order chi connectivity index (χ0) is 12.7. The van der Waals surface area contributed by atoms with Crippen molar-refractivity contribution in [2.24, 2.45) is 0 Å². The average molecular weight is 245 g/mol. The predicted molar refractivity (Wildman–Crippen MR) is 67.9 cm³/mol. The van der Waals surface area contributed by atoms with Gasteiger partial charge in [-0.3, -0.25) is 4.79 Å². The normalized spacial score (nSPS) is 17.8. The van der Waals surface area contributed by atoms with Crippen LogP contribution < -0.4 is 4.74 Å². The maximum atomic E-state index is 11.8. The third-order valence-electron chi connectivity index (χ3n) is 3.64.